The van der Waals surface area contributed by atoms with Gasteiger partial charge in [0.05, 0.1) is 34.0 Å². The second-order valence-electron chi connectivity index (χ2n) is 14.5. The Kier molecular flexibility index (Phi) is 16.5. The zero-order valence-electron chi connectivity index (χ0n) is 35.0. The van der Waals surface area contributed by atoms with Crippen LogP contribution in [-0.2, 0) is 29.1 Å². The van der Waals surface area contributed by atoms with Gasteiger partial charge in [-0.25, -0.2) is 4.79 Å². The molecule has 2 saturated heterocycles. The molecule has 16 heteroatoms. The number of hydrogen-bond donors (Lipinski definition) is 1. The third kappa shape index (κ3) is 10.9. The molecule has 328 valence electrons. The SMILES string of the molecule is COCCOC1C(OP(SCCSC(=O)c2ccccc2)N2CCCC2)[C@@H](COC(c2ccccc2)(c2ccc(OC)cc2)c2ccc(OC)cc2)O[C@H]1n1ccc(=O)[nH]c1=O. The fraction of sp³-hybridized carbons (Fsp3) is 0.370. The molecule has 0 spiro atoms. The van der Waals surface area contributed by atoms with Crippen molar-refractivity contribution < 1.29 is 37.7 Å². The summed E-state index contributed by atoms with van der Waals surface area (Å²) in [5.74, 6) is 2.64. The van der Waals surface area contributed by atoms with Gasteiger partial charge in [-0.1, -0.05) is 108 Å². The second kappa shape index (κ2) is 22.4. The van der Waals surface area contributed by atoms with E-state index in [1.165, 1.54) is 28.6 Å². The number of aromatic amines is 1. The summed E-state index contributed by atoms with van der Waals surface area (Å²) < 4.78 is 48.3. The smallest absolute Gasteiger partial charge is 0.330 e. The number of hydrogen-bond acceptors (Lipinski definition) is 13. The fourth-order valence-electron chi connectivity index (χ4n) is 7.60. The minimum absolute atomic E-state index is 0.00830. The van der Waals surface area contributed by atoms with Crippen LogP contribution in [0.3, 0.4) is 0 Å². The van der Waals surface area contributed by atoms with Crippen molar-refractivity contribution in [3.63, 3.8) is 0 Å². The minimum atomic E-state index is -1.31. The molecule has 4 aromatic carbocycles. The Hall–Kier alpha value is -4.28. The van der Waals surface area contributed by atoms with Gasteiger partial charge in [0.1, 0.15) is 35.4 Å². The maximum atomic E-state index is 13.5. The molecule has 13 nitrogen and oxygen atoms in total. The van der Waals surface area contributed by atoms with Gasteiger partial charge in [0.15, 0.2) is 13.7 Å². The van der Waals surface area contributed by atoms with Crippen molar-refractivity contribution in [2.24, 2.45) is 0 Å². The van der Waals surface area contributed by atoms with Gasteiger partial charge in [0.2, 0.25) is 5.12 Å². The van der Waals surface area contributed by atoms with Crippen molar-refractivity contribution in [3.05, 3.63) is 165 Å². The lowest BCUT2D eigenvalue weighted by Crippen LogP contribution is -2.42. The molecule has 7 rings (SSSR count). The van der Waals surface area contributed by atoms with E-state index >= 15 is 0 Å². The number of carbonyl (C=O) groups excluding carboxylic acids is 1. The summed E-state index contributed by atoms with van der Waals surface area (Å²) in [4.78, 5) is 41.1. The largest absolute Gasteiger partial charge is 0.497 e. The lowest BCUT2D eigenvalue weighted by Gasteiger charge is -2.38. The molecule has 0 aliphatic carbocycles. The van der Waals surface area contributed by atoms with Crippen molar-refractivity contribution >= 4 is 35.8 Å². The number of nitrogens with zero attached hydrogens (tertiary/aromatic N) is 2. The summed E-state index contributed by atoms with van der Waals surface area (Å²) in [6.07, 6.45) is 0.122. The highest BCUT2D eigenvalue weighted by Gasteiger charge is 2.51. The van der Waals surface area contributed by atoms with Crippen LogP contribution in [0.1, 0.15) is 46.1 Å². The quantitative estimate of drug-likeness (QED) is 0.0442. The number of H-pyrrole nitrogens is 1. The average Bonchev–Trinajstić information content (AvgIpc) is 3.97. The first-order chi connectivity index (χ1) is 30.3. The van der Waals surface area contributed by atoms with Gasteiger partial charge in [0, 0.05) is 49.5 Å². The van der Waals surface area contributed by atoms with E-state index in [-0.39, 0.29) is 24.9 Å². The maximum absolute atomic E-state index is 13.5. The normalized spacial score (nSPS) is 19.7. The maximum Gasteiger partial charge on any atom is 0.330 e. The Labute approximate surface area is 371 Å². The van der Waals surface area contributed by atoms with Crippen LogP contribution in [0.5, 0.6) is 11.5 Å². The van der Waals surface area contributed by atoms with Crippen LogP contribution in [0.25, 0.3) is 0 Å². The Morgan fingerprint density at radius 3 is 1.98 bits per heavy atom. The molecule has 5 aromatic rings. The molecule has 62 heavy (non-hydrogen) atoms. The summed E-state index contributed by atoms with van der Waals surface area (Å²) in [6.45, 7) is 2.17. The molecule has 2 aliphatic rings. The lowest BCUT2D eigenvalue weighted by atomic mass is 9.80. The molecule has 2 aliphatic heterocycles. The zero-order valence-corrected chi connectivity index (χ0v) is 37.5. The first-order valence-corrected chi connectivity index (χ1v) is 24.3. The Morgan fingerprint density at radius 2 is 1.39 bits per heavy atom. The van der Waals surface area contributed by atoms with E-state index in [0.717, 1.165) is 42.6 Å². The molecule has 3 unspecified atom stereocenters. The molecule has 0 saturated carbocycles. The first kappa shape index (κ1) is 45.7. The highest BCUT2D eigenvalue weighted by molar-refractivity contribution is 8.53. The van der Waals surface area contributed by atoms with Crippen LogP contribution in [0.4, 0.5) is 0 Å². The van der Waals surface area contributed by atoms with E-state index in [1.807, 2.05) is 109 Å². The van der Waals surface area contributed by atoms with Gasteiger partial charge in [0.25, 0.3) is 5.56 Å². The molecular weight excluding hydrogens is 850 g/mol. The van der Waals surface area contributed by atoms with Crippen LogP contribution in [-0.4, -0.2) is 103 Å². The van der Waals surface area contributed by atoms with Crippen molar-refractivity contribution in [3.8, 4) is 11.5 Å². The number of aromatic nitrogens is 2. The van der Waals surface area contributed by atoms with E-state index in [4.69, 9.17) is 32.9 Å². The lowest BCUT2D eigenvalue weighted by molar-refractivity contribution is -0.0989. The van der Waals surface area contributed by atoms with Crippen molar-refractivity contribution in [1.82, 2.24) is 14.2 Å². The number of nitrogens with one attached hydrogen (secondary N) is 1. The van der Waals surface area contributed by atoms with Crippen LogP contribution in [0.15, 0.2) is 131 Å². The number of rotatable bonds is 21. The number of thioether (sulfide) groups is 1. The third-order valence-corrected chi connectivity index (χ3v) is 15.9. The average molecular weight is 902 g/mol. The molecule has 1 aromatic heterocycles. The van der Waals surface area contributed by atoms with Crippen LogP contribution >= 0.6 is 30.6 Å². The van der Waals surface area contributed by atoms with Crippen LogP contribution in [0, 0.1) is 0 Å². The van der Waals surface area contributed by atoms with E-state index in [1.54, 1.807) is 32.7 Å². The number of benzene rings is 4. The van der Waals surface area contributed by atoms with Gasteiger partial charge < -0.3 is 32.9 Å². The van der Waals surface area contributed by atoms with Crippen molar-refractivity contribution in [2.45, 2.75) is 43.0 Å². The monoisotopic (exact) mass is 901 g/mol. The molecule has 0 amide bonds. The molecule has 1 N–H and O–H groups in total. The molecule has 3 heterocycles. The highest BCUT2D eigenvalue weighted by Crippen LogP contribution is 2.58. The summed E-state index contributed by atoms with van der Waals surface area (Å²) >= 11 is 2.97. The van der Waals surface area contributed by atoms with E-state index in [0.29, 0.717) is 28.6 Å². The summed E-state index contributed by atoms with van der Waals surface area (Å²) in [5, 5.41) is 0.0236. The Morgan fingerprint density at radius 1 is 0.774 bits per heavy atom. The Bertz CT molecular complexity index is 2230. The first-order valence-electron chi connectivity index (χ1n) is 20.5. The molecule has 2 fully saturated rings. The van der Waals surface area contributed by atoms with E-state index in [9.17, 15) is 14.4 Å². The standard InChI is InChI=1S/C46H52N3O10PS2/c1-53-28-29-56-42-41(59-60(48-25-10-11-26-48)62-31-30-61-44(51)33-12-6-4-7-13-33)39(58-43(42)49-27-24-40(50)47-45(49)52)32-57-46(34-14-8-5-9-15-34,35-16-20-37(54-2)21-17-35)36-18-22-38(55-3)23-19-36/h4-9,12-24,27,39,41-43H,10-11,25-26,28-32H2,1-3H3,(H,47,50,52)/t39-,41?,42?,43-,60?/m1/s1. The van der Waals surface area contributed by atoms with Gasteiger partial charge in [-0.05, 0) is 53.8 Å². The Balaban J connectivity index is 1.26. The second-order valence-corrected chi connectivity index (χ2v) is 19.2. The molecule has 5 atom stereocenters. The van der Waals surface area contributed by atoms with Crippen LogP contribution < -0.4 is 20.7 Å². The van der Waals surface area contributed by atoms with Crippen molar-refractivity contribution in [2.75, 3.05) is 65.7 Å². The van der Waals surface area contributed by atoms with E-state index < -0.39 is 48.9 Å². The van der Waals surface area contributed by atoms with E-state index in [2.05, 4.69) is 9.65 Å². The highest BCUT2D eigenvalue weighted by atomic mass is 32.7. The van der Waals surface area contributed by atoms with Crippen LogP contribution in [0.2, 0.25) is 0 Å². The fourth-order valence-corrected chi connectivity index (χ4v) is 12.9. The number of methoxy groups -OCH3 is 3. The molecule has 0 bridgehead atoms. The van der Waals surface area contributed by atoms with Gasteiger partial charge in [-0.15, -0.1) is 0 Å². The summed E-state index contributed by atoms with van der Waals surface area (Å²) in [7, 11) is 3.54. The van der Waals surface area contributed by atoms with Gasteiger partial charge in [-0.2, -0.15) is 0 Å². The zero-order chi connectivity index (χ0) is 43.3. The predicted molar refractivity (Wildman–Crippen MR) is 243 cm³/mol. The number of ether oxygens (including phenoxy) is 6. The molecular formula is C46H52N3O10PS2. The summed E-state index contributed by atoms with van der Waals surface area (Å²) in [6, 6.07) is 36.1. The predicted octanol–water partition coefficient (Wildman–Crippen LogP) is 7.51. The summed E-state index contributed by atoms with van der Waals surface area (Å²) in [5.41, 5.74) is 0.857. The number of carbonyl (C=O) groups is 1. The minimum Gasteiger partial charge on any atom is -0.497 e. The van der Waals surface area contributed by atoms with Crippen molar-refractivity contribution in [1.29, 1.82) is 0 Å². The third-order valence-electron chi connectivity index (χ3n) is 10.7. The molecule has 0 radical (unpaired) electrons. The van der Waals surface area contributed by atoms with Gasteiger partial charge >= 0.3 is 5.69 Å². The topological polar surface area (TPSA) is 140 Å². The van der Waals surface area contributed by atoms with Gasteiger partial charge in [-0.3, -0.25) is 23.8 Å².